The predicted molar refractivity (Wildman–Crippen MR) is 130 cm³/mol. The van der Waals surface area contributed by atoms with Crippen LogP contribution >= 0.6 is 0 Å². The number of anilines is 2. The van der Waals surface area contributed by atoms with Crippen molar-refractivity contribution in [1.82, 2.24) is 4.90 Å². The van der Waals surface area contributed by atoms with Crippen molar-refractivity contribution in [3.05, 3.63) is 53.1 Å². The second-order valence-corrected chi connectivity index (χ2v) is 10.1. The fourth-order valence-electron chi connectivity index (χ4n) is 6.11. The normalized spacial score (nSPS) is 23.3. The van der Waals surface area contributed by atoms with Gasteiger partial charge in [0, 0.05) is 38.5 Å². The van der Waals surface area contributed by atoms with Crippen molar-refractivity contribution in [3.8, 4) is 5.75 Å². The van der Waals surface area contributed by atoms with Gasteiger partial charge in [0.1, 0.15) is 17.6 Å². The summed E-state index contributed by atoms with van der Waals surface area (Å²) in [6.07, 6.45) is 5.35. The lowest BCUT2D eigenvalue weighted by Gasteiger charge is -2.38. The SMILES string of the molecule is CNc1cccc2c1N(CC=O)C1CCN(CCCc3cccc4c3OC(C)(C)C4)CC21. The van der Waals surface area contributed by atoms with E-state index in [9.17, 15) is 4.79 Å². The molecule has 3 heterocycles. The Morgan fingerprint density at radius 3 is 2.88 bits per heavy atom. The highest BCUT2D eigenvalue weighted by Gasteiger charge is 2.42. The summed E-state index contributed by atoms with van der Waals surface area (Å²) < 4.78 is 6.27. The number of aldehydes is 1. The smallest absolute Gasteiger partial charge is 0.139 e. The number of benzene rings is 2. The van der Waals surface area contributed by atoms with Gasteiger partial charge in [-0.25, -0.2) is 0 Å². The first-order chi connectivity index (χ1) is 15.5. The summed E-state index contributed by atoms with van der Waals surface area (Å²) >= 11 is 0. The van der Waals surface area contributed by atoms with Gasteiger partial charge in [0.15, 0.2) is 0 Å². The van der Waals surface area contributed by atoms with Crippen molar-refractivity contribution in [2.75, 3.05) is 43.4 Å². The van der Waals surface area contributed by atoms with Gasteiger partial charge in [-0.2, -0.15) is 0 Å². The van der Waals surface area contributed by atoms with E-state index >= 15 is 0 Å². The maximum atomic E-state index is 11.4. The second-order valence-electron chi connectivity index (χ2n) is 10.1. The molecule has 0 radical (unpaired) electrons. The van der Waals surface area contributed by atoms with E-state index in [4.69, 9.17) is 4.74 Å². The number of carbonyl (C=O) groups excluding carboxylic acids is 1. The molecular weight excluding hydrogens is 398 g/mol. The van der Waals surface area contributed by atoms with Gasteiger partial charge in [-0.05, 0) is 62.4 Å². The molecule has 5 heteroatoms. The molecule has 32 heavy (non-hydrogen) atoms. The molecule has 1 fully saturated rings. The number of likely N-dealkylation sites (tertiary alicyclic amines) is 1. The molecule has 2 aromatic rings. The van der Waals surface area contributed by atoms with Crippen LogP contribution in [0.25, 0.3) is 0 Å². The number of aryl methyl sites for hydroxylation is 1. The molecule has 0 saturated carbocycles. The Bertz CT molecular complexity index is 1000. The van der Waals surface area contributed by atoms with E-state index < -0.39 is 0 Å². The maximum absolute atomic E-state index is 11.4. The lowest BCUT2D eigenvalue weighted by molar-refractivity contribution is -0.106. The summed E-state index contributed by atoms with van der Waals surface area (Å²) in [7, 11) is 1.97. The van der Waals surface area contributed by atoms with E-state index in [1.807, 2.05) is 7.05 Å². The van der Waals surface area contributed by atoms with E-state index in [0.717, 1.165) is 63.0 Å². The van der Waals surface area contributed by atoms with Crippen LogP contribution in [-0.2, 0) is 17.6 Å². The number of hydrogen-bond acceptors (Lipinski definition) is 5. The standard InChI is InChI=1S/C27H35N3O2/c1-27(2)17-20-8-4-7-19(26(20)32-27)9-6-13-29-14-12-24-22(18-29)21-10-5-11-23(28-3)25(21)30(24)15-16-31/h4-5,7-8,10-11,16,22,24,28H,6,9,12-15,17-18H2,1-3H3. The molecule has 0 aliphatic carbocycles. The number of rotatable bonds is 7. The molecule has 0 aromatic heterocycles. The fourth-order valence-corrected chi connectivity index (χ4v) is 6.11. The highest BCUT2D eigenvalue weighted by molar-refractivity contribution is 5.80. The average molecular weight is 434 g/mol. The summed E-state index contributed by atoms with van der Waals surface area (Å²) in [6.45, 7) is 8.08. The minimum Gasteiger partial charge on any atom is -0.487 e. The summed E-state index contributed by atoms with van der Waals surface area (Å²) in [4.78, 5) is 16.4. The predicted octanol–water partition coefficient (Wildman–Crippen LogP) is 4.25. The first-order valence-electron chi connectivity index (χ1n) is 12.0. The molecular formula is C27H35N3O2. The van der Waals surface area contributed by atoms with Gasteiger partial charge in [-0.1, -0.05) is 30.3 Å². The Morgan fingerprint density at radius 1 is 1.22 bits per heavy atom. The lowest BCUT2D eigenvalue weighted by Crippen LogP contribution is -2.47. The Labute approximate surface area is 191 Å². The molecule has 0 bridgehead atoms. The van der Waals surface area contributed by atoms with Crippen LogP contribution in [0.15, 0.2) is 36.4 Å². The van der Waals surface area contributed by atoms with E-state index in [0.29, 0.717) is 18.5 Å². The van der Waals surface area contributed by atoms with E-state index in [1.165, 1.54) is 22.4 Å². The number of fused-ring (bicyclic) bond motifs is 4. The summed E-state index contributed by atoms with van der Waals surface area (Å²) in [5.41, 5.74) is 6.38. The second kappa shape index (κ2) is 8.43. The molecule has 3 aliphatic rings. The number of piperidine rings is 1. The van der Waals surface area contributed by atoms with Gasteiger partial charge < -0.3 is 24.6 Å². The third-order valence-electron chi connectivity index (χ3n) is 7.45. The van der Waals surface area contributed by atoms with Gasteiger partial charge in [-0.15, -0.1) is 0 Å². The fraction of sp³-hybridized carbons (Fsp3) is 0.519. The van der Waals surface area contributed by atoms with Crippen molar-refractivity contribution >= 4 is 17.7 Å². The largest absolute Gasteiger partial charge is 0.487 e. The first kappa shape index (κ1) is 21.3. The highest BCUT2D eigenvalue weighted by Crippen LogP contribution is 2.48. The van der Waals surface area contributed by atoms with E-state index in [-0.39, 0.29) is 5.60 Å². The van der Waals surface area contributed by atoms with Crippen molar-refractivity contribution in [2.24, 2.45) is 0 Å². The van der Waals surface area contributed by atoms with Crippen LogP contribution in [0.1, 0.15) is 49.3 Å². The quantitative estimate of drug-likeness (QED) is 0.662. The molecule has 2 aromatic carbocycles. The summed E-state index contributed by atoms with van der Waals surface area (Å²) in [5, 5.41) is 3.33. The minimum absolute atomic E-state index is 0.0875. The zero-order chi connectivity index (χ0) is 22.3. The number of ether oxygens (including phenoxy) is 1. The number of nitrogens with zero attached hydrogens (tertiary/aromatic N) is 2. The molecule has 5 nitrogen and oxygen atoms in total. The number of carbonyl (C=O) groups is 1. The van der Waals surface area contributed by atoms with Crippen LogP contribution in [0.3, 0.4) is 0 Å². The molecule has 3 aliphatic heterocycles. The highest BCUT2D eigenvalue weighted by atomic mass is 16.5. The molecule has 0 spiro atoms. The third kappa shape index (κ3) is 3.77. The first-order valence-corrected chi connectivity index (χ1v) is 12.0. The van der Waals surface area contributed by atoms with Crippen molar-refractivity contribution in [3.63, 3.8) is 0 Å². The topological polar surface area (TPSA) is 44.8 Å². The van der Waals surface area contributed by atoms with Gasteiger partial charge >= 0.3 is 0 Å². The minimum atomic E-state index is -0.0875. The number of para-hydroxylation sites is 2. The van der Waals surface area contributed by atoms with Gasteiger partial charge in [0.25, 0.3) is 0 Å². The van der Waals surface area contributed by atoms with Crippen LogP contribution in [-0.4, -0.2) is 56.1 Å². The molecule has 2 unspecified atom stereocenters. The van der Waals surface area contributed by atoms with E-state index in [2.05, 4.69) is 65.4 Å². The third-order valence-corrected chi connectivity index (χ3v) is 7.45. The number of nitrogens with one attached hydrogen (secondary N) is 1. The van der Waals surface area contributed by atoms with Crippen LogP contribution in [0.4, 0.5) is 11.4 Å². The zero-order valence-electron chi connectivity index (χ0n) is 19.6. The average Bonchev–Trinajstić information content (AvgIpc) is 3.27. The Kier molecular flexibility index (Phi) is 5.62. The molecule has 5 rings (SSSR count). The van der Waals surface area contributed by atoms with E-state index in [1.54, 1.807) is 0 Å². The molecule has 1 saturated heterocycles. The van der Waals surface area contributed by atoms with Crippen molar-refractivity contribution in [1.29, 1.82) is 0 Å². The van der Waals surface area contributed by atoms with Crippen LogP contribution < -0.4 is 15.0 Å². The van der Waals surface area contributed by atoms with Crippen LogP contribution in [0.2, 0.25) is 0 Å². The van der Waals surface area contributed by atoms with Crippen LogP contribution in [0, 0.1) is 0 Å². The Balaban J connectivity index is 1.25. The maximum Gasteiger partial charge on any atom is 0.139 e. The molecule has 2 atom stereocenters. The molecule has 170 valence electrons. The summed E-state index contributed by atoms with van der Waals surface area (Å²) in [6, 6.07) is 13.6. The monoisotopic (exact) mass is 433 g/mol. The lowest BCUT2D eigenvalue weighted by atomic mass is 9.88. The molecule has 0 amide bonds. The Morgan fingerprint density at radius 2 is 2.06 bits per heavy atom. The van der Waals surface area contributed by atoms with Gasteiger partial charge in [0.05, 0.1) is 17.9 Å². The van der Waals surface area contributed by atoms with Gasteiger partial charge in [-0.3, -0.25) is 0 Å². The summed E-state index contributed by atoms with van der Waals surface area (Å²) in [5.74, 6) is 1.60. The van der Waals surface area contributed by atoms with Gasteiger partial charge in [0.2, 0.25) is 0 Å². The molecule has 1 N–H and O–H groups in total. The van der Waals surface area contributed by atoms with Crippen molar-refractivity contribution in [2.45, 2.75) is 57.1 Å². The Hall–Kier alpha value is -2.53. The van der Waals surface area contributed by atoms with Crippen LogP contribution in [0.5, 0.6) is 5.75 Å². The zero-order valence-corrected chi connectivity index (χ0v) is 19.6. The van der Waals surface area contributed by atoms with Crippen molar-refractivity contribution < 1.29 is 9.53 Å². The number of hydrogen-bond donors (Lipinski definition) is 1.